The minimum Gasteiger partial charge on any atom is -0.508 e. The number of phenolic OH excluding ortho intramolecular Hbond substituents is 2. The molecule has 0 spiro atoms. The minimum atomic E-state index is -2.05. The summed E-state index contributed by atoms with van der Waals surface area (Å²) in [6.07, 6.45) is 0.664. The van der Waals surface area contributed by atoms with Crippen LogP contribution in [0.2, 0.25) is 26.2 Å². The first-order valence-corrected chi connectivity index (χ1v) is 16.0. The van der Waals surface area contributed by atoms with E-state index >= 15 is 0 Å². The minimum absolute atomic E-state index is 0. The molecule has 35 heavy (non-hydrogen) atoms. The van der Waals surface area contributed by atoms with E-state index in [1.54, 1.807) is 48.5 Å². The van der Waals surface area contributed by atoms with Crippen molar-refractivity contribution >= 4 is 28.6 Å². The van der Waals surface area contributed by atoms with Gasteiger partial charge in [0.2, 0.25) is 16.6 Å². The molecular weight excluding hydrogens is 634 g/mol. The third-order valence-electron chi connectivity index (χ3n) is 3.31. The molecular formula is C24H40O7Si2Y2-2. The van der Waals surface area contributed by atoms with Crippen molar-refractivity contribution in [1.29, 1.82) is 0 Å². The first kappa shape index (κ1) is 44.6. The van der Waals surface area contributed by atoms with Gasteiger partial charge in [-0.25, -0.2) is 0 Å². The van der Waals surface area contributed by atoms with E-state index in [1.165, 1.54) is 13.8 Å². The van der Waals surface area contributed by atoms with Crippen molar-refractivity contribution in [1.82, 2.24) is 0 Å². The van der Waals surface area contributed by atoms with Crippen LogP contribution >= 0.6 is 0 Å². The summed E-state index contributed by atoms with van der Waals surface area (Å²) < 4.78 is 16.0. The normalized spacial score (nSPS) is 9.31. The van der Waals surface area contributed by atoms with E-state index in [0.29, 0.717) is 24.0 Å². The van der Waals surface area contributed by atoms with Crippen molar-refractivity contribution in [3.05, 3.63) is 75.5 Å². The first-order valence-electron chi connectivity index (χ1n) is 9.78. The number of ether oxygens (including phenoxy) is 2. The van der Waals surface area contributed by atoms with Crippen LogP contribution < -0.4 is 0 Å². The molecule has 0 amide bonds. The number of hydrogen-bond donors (Lipinski definition) is 2. The van der Waals surface area contributed by atoms with E-state index in [-0.39, 0.29) is 92.2 Å². The smallest absolute Gasteiger partial charge is 0.302 e. The number of rotatable bonds is 6. The van der Waals surface area contributed by atoms with Gasteiger partial charge in [-0.3, -0.25) is 9.59 Å². The Balaban J connectivity index is -0.000000139. The Bertz CT molecular complexity index is 712. The van der Waals surface area contributed by atoms with Gasteiger partial charge in [-0.2, -0.15) is 0 Å². The zero-order valence-electron chi connectivity index (χ0n) is 22.3. The fourth-order valence-corrected chi connectivity index (χ4v) is 9.77. The first-order chi connectivity index (χ1) is 14.3. The molecule has 0 aliphatic heterocycles. The number of carbonyl (C=O) groups is 2. The molecule has 0 unspecified atom stereocenters. The Morgan fingerprint density at radius 2 is 0.914 bits per heavy atom. The van der Waals surface area contributed by atoms with Crippen molar-refractivity contribution in [2.24, 2.45) is 0 Å². The largest absolute Gasteiger partial charge is 0.508 e. The fraction of sp³-hybridized carbons (Fsp3) is 0.333. The van der Waals surface area contributed by atoms with Gasteiger partial charge in [-0.1, -0.05) is 36.4 Å². The number of phenols is 2. The monoisotopic (exact) mass is 674 g/mol. The van der Waals surface area contributed by atoms with Gasteiger partial charge >= 0.3 is 11.9 Å². The van der Waals surface area contributed by atoms with Gasteiger partial charge < -0.3 is 38.7 Å². The van der Waals surface area contributed by atoms with Crippen LogP contribution in [0.4, 0.5) is 0 Å². The molecule has 11 heteroatoms. The van der Waals surface area contributed by atoms with E-state index in [9.17, 15) is 9.59 Å². The van der Waals surface area contributed by atoms with E-state index in [1.807, 2.05) is 38.3 Å². The van der Waals surface area contributed by atoms with Crippen LogP contribution in [0.15, 0.2) is 60.7 Å². The maximum atomic E-state index is 10.8. The molecule has 194 valence electrons. The molecule has 0 heterocycles. The topological polar surface area (TPSA) is 102 Å². The van der Waals surface area contributed by atoms with Crippen LogP contribution in [0.1, 0.15) is 13.8 Å². The third-order valence-corrected chi connectivity index (χ3v) is 9.41. The van der Waals surface area contributed by atoms with E-state index < -0.39 is 16.6 Å². The second-order valence-corrected chi connectivity index (χ2v) is 16.3. The molecule has 0 aliphatic rings. The van der Waals surface area contributed by atoms with Crippen LogP contribution in [0.25, 0.3) is 0 Å². The maximum Gasteiger partial charge on any atom is 0.302 e. The molecule has 0 saturated carbocycles. The number of hydrogen-bond acceptors (Lipinski definition) is 7. The van der Waals surface area contributed by atoms with Gasteiger partial charge in [0.05, 0.1) is 0 Å². The van der Waals surface area contributed by atoms with Crippen LogP contribution in [-0.4, -0.2) is 51.2 Å². The summed E-state index contributed by atoms with van der Waals surface area (Å²) in [5.41, 5.74) is 0. The van der Waals surface area contributed by atoms with Gasteiger partial charge in [0.1, 0.15) is 24.0 Å². The van der Waals surface area contributed by atoms with Gasteiger partial charge in [-0.05, 0) is 50.5 Å². The molecule has 2 radical (unpaired) electrons. The zero-order valence-corrected chi connectivity index (χ0v) is 30.0. The molecule has 0 bridgehead atoms. The molecule has 2 N–H and O–H groups in total. The number of carbonyl (C=O) groups excluding carboxylic acids is 2. The van der Waals surface area contributed by atoms with E-state index in [2.05, 4.69) is 0 Å². The van der Waals surface area contributed by atoms with Crippen molar-refractivity contribution in [2.45, 2.75) is 40.0 Å². The number of esters is 2. The van der Waals surface area contributed by atoms with Crippen molar-refractivity contribution in [3.8, 4) is 11.5 Å². The molecule has 2 rings (SSSR count). The number of para-hydroxylation sites is 2. The van der Waals surface area contributed by atoms with Crippen LogP contribution in [-0.2, 0) is 88.6 Å². The summed E-state index contributed by atoms with van der Waals surface area (Å²) in [4.78, 5) is 21.5. The summed E-state index contributed by atoms with van der Waals surface area (Å²) >= 11 is 0. The summed E-state index contributed by atoms with van der Waals surface area (Å²) in [7, 11) is -4.09. The van der Waals surface area contributed by atoms with Crippen molar-refractivity contribution < 1.29 is 98.8 Å². The molecule has 2 aromatic carbocycles. The Morgan fingerprint density at radius 3 is 1.09 bits per heavy atom. The van der Waals surface area contributed by atoms with Gasteiger partial charge in [0.25, 0.3) is 0 Å². The predicted molar refractivity (Wildman–Crippen MR) is 138 cm³/mol. The number of aromatic hydroxyl groups is 2. The molecule has 0 saturated heterocycles. The average Bonchev–Trinajstić information content (AvgIpc) is 2.67. The zero-order chi connectivity index (χ0) is 23.9. The summed E-state index contributed by atoms with van der Waals surface area (Å²) in [6.45, 7) is 10.7. The maximum absolute atomic E-state index is 10.8. The molecule has 7 nitrogen and oxygen atoms in total. The predicted octanol–water partition coefficient (Wildman–Crippen LogP) is 5.30. The van der Waals surface area contributed by atoms with Gasteiger partial charge in [-0.15, -0.1) is 0 Å². The van der Waals surface area contributed by atoms with Crippen molar-refractivity contribution in [3.63, 3.8) is 0 Å². The molecule has 2 aromatic rings. The number of benzene rings is 2. The Morgan fingerprint density at radius 1 is 0.657 bits per heavy atom. The van der Waals surface area contributed by atoms with Crippen LogP contribution in [0, 0.1) is 14.9 Å². The molecule has 0 fully saturated rings. The standard InChI is InChI=1S/C10H22O5Si2.2C6H6O.2CH3.2Y/c1-9(11)13-7-16(3,4)15-17(5,6)8-14-10(2)12;2*7-6-4-2-1-3-5-6;;;;/h7-8H2,1-6H3;2*1-5,7H;2*1H3;;/q;;;2*-1;;. The van der Waals surface area contributed by atoms with E-state index in [0.717, 1.165) is 0 Å². The second kappa shape index (κ2) is 23.9. The van der Waals surface area contributed by atoms with Gasteiger partial charge in [0.15, 0.2) is 0 Å². The summed E-state index contributed by atoms with van der Waals surface area (Å²) in [5, 5.41) is 17.3. The van der Waals surface area contributed by atoms with Crippen LogP contribution in [0.3, 0.4) is 0 Å². The Hall–Kier alpha value is -0.418. The summed E-state index contributed by atoms with van der Waals surface area (Å²) in [6, 6.07) is 17.4. The average molecular weight is 675 g/mol. The van der Waals surface area contributed by atoms with Gasteiger partial charge in [0, 0.05) is 79.3 Å². The SMILES string of the molecule is CC(=O)OC[Si](C)(C)O[Si](C)(C)COC(C)=O.Oc1ccccc1.Oc1ccccc1.[CH3-].[CH3-].[Y].[Y]. The third kappa shape index (κ3) is 29.7. The quantitative estimate of drug-likeness (QED) is 0.244. The van der Waals surface area contributed by atoms with Crippen molar-refractivity contribution in [2.75, 3.05) is 12.5 Å². The molecule has 0 aromatic heterocycles. The summed E-state index contributed by atoms with van der Waals surface area (Å²) in [5.74, 6) is 0.0484. The molecule has 0 aliphatic carbocycles. The molecule has 0 atom stereocenters. The second-order valence-electron chi connectivity index (χ2n) is 7.85. The van der Waals surface area contributed by atoms with Crippen LogP contribution in [0.5, 0.6) is 11.5 Å². The Labute approximate surface area is 264 Å². The fourth-order valence-electron chi connectivity index (χ4n) is 2.21. The van der Waals surface area contributed by atoms with E-state index in [4.69, 9.17) is 23.8 Å². The Kier molecular flexibility index (Phi) is 30.5.